The largest absolute Gasteiger partial charge is 0.417 e. The number of carbonyl (C=O) groups excluding carboxylic acids is 1. The fraction of sp³-hybridized carbons (Fsp3) is 0.333. The van der Waals surface area contributed by atoms with Gasteiger partial charge in [0.05, 0.1) is 16.3 Å². The van der Waals surface area contributed by atoms with Gasteiger partial charge >= 0.3 is 6.18 Å². The molecular formula is C21H20ClF3N4O. The second-order valence-corrected chi connectivity index (χ2v) is 7.63. The maximum atomic E-state index is 13.2. The molecular weight excluding hydrogens is 417 g/mol. The highest BCUT2D eigenvalue weighted by molar-refractivity contribution is 6.33. The Labute approximate surface area is 176 Å². The number of nitrogens with zero attached hydrogens (tertiary/aromatic N) is 3. The molecule has 0 aliphatic carbocycles. The number of imidazole rings is 1. The highest BCUT2D eigenvalue weighted by Crippen LogP contribution is 2.33. The number of halogens is 4. The number of hydrogen-bond acceptors (Lipinski definition) is 3. The molecule has 4 rings (SSSR count). The molecule has 0 saturated carbocycles. The van der Waals surface area contributed by atoms with E-state index in [9.17, 15) is 18.0 Å². The third-order valence-electron chi connectivity index (χ3n) is 5.22. The number of amides is 1. The molecule has 0 spiro atoms. The van der Waals surface area contributed by atoms with Crippen molar-refractivity contribution in [3.63, 3.8) is 0 Å². The van der Waals surface area contributed by atoms with Crippen molar-refractivity contribution in [3.8, 4) is 0 Å². The number of pyridine rings is 1. The van der Waals surface area contributed by atoms with Crippen LogP contribution < -0.4 is 10.2 Å². The van der Waals surface area contributed by atoms with E-state index < -0.39 is 17.6 Å². The number of alkyl halides is 3. The van der Waals surface area contributed by atoms with Crippen LogP contribution in [0.2, 0.25) is 5.02 Å². The highest BCUT2D eigenvalue weighted by Gasteiger charge is 2.33. The molecule has 0 unspecified atom stereocenters. The minimum Gasteiger partial charge on any atom is -0.372 e. The van der Waals surface area contributed by atoms with Gasteiger partial charge in [-0.1, -0.05) is 18.5 Å². The minimum atomic E-state index is -4.59. The Kier molecular flexibility index (Phi) is 5.36. The fourth-order valence-corrected chi connectivity index (χ4v) is 3.97. The summed E-state index contributed by atoms with van der Waals surface area (Å²) in [4.78, 5) is 19.5. The molecule has 1 saturated heterocycles. The van der Waals surface area contributed by atoms with Crippen LogP contribution in [0.25, 0.3) is 5.65 Å². The van der Waals surface area contributed by atoms with E-state index >= 15 is 0 Å². The van der Waals surface area contributed by atoms with Crippen LogP contribution in [0.5, 0.6) is 0 Å². The van der Waals surface area contributed by atoms with Crippen LogP contribution in [0.15, 0.2) is 36.5 Å². The Balaban J connectivity index is 1.67. The number of fused-ring (bicyclic) bond motifs is 1. The van der Waals surface area contributed by atoms with Gasteiger partial charge in [0, 0.05) is 30.7 Å². The van der Waals surface area contributed by atoms with E-state index in [0.717, 1.165) is 48.3 Å². The average Bonchev–Trinajstić information content (AvgIpc) is 3.35. The molecule has 1 fully saturated rings. The highest BCUT2D eigenvalue weighted by atomic mass is 35.5. The molecule has 0 radical (unpaired) electrons. The Morgan fingerprint density at radius 1 is 1.20 bits per heavy atom. The molecule has 1 amide bonds. The lowest BCUT2D eigenvalue weighted by atomic mass is 10.2. The van der Waals surface area contributed by atoms with Gasteiger partial charge in [0.15, 0.2) is 5.65 Å². The van der Waals surface area contributed by atoms with Crippen molar-refractivity contribution in [2.45, 2.75) is 32.4 Å². The first-order valence-corrected chi connectivity index (χ1v) is 10.1. The molecule has 158 valence electrons. The van der Waals surface area contributed by atoms with Crippen LogP contribution in [0.1, 0.15) is 41.5 Å². The number of rotatable bonds is 4. The third kappa shape index (κ3) is 3.84. The van der Waals surface area contributed by atoms with Gasteiger partial charge in [-0.05, 0) is 49.6 Å². The minimum absolute atomic E-state index is 0.0455. The molecule has 1 aromatic carbocycles. The van der Waals surface area contributed by atoms with Crippen molar-refractivity contribution in [1.29, 1.82) is 0 Å². The first-order chi connectivity index (χ1) is 14.3. The number of nitrogens with one attached hydrogen (secondary N) is 1. The van der Waals surface area contributed by atoms with Gasteiger partial charge < -0.3 is 10.2 Å². The normalized spacial score (nSPS) is 14.5. The van der Waals surface area contributed by atoms with Gasteiger partial charge in [-0.25, -0.2) is 4.98 Å². The van der Waals surface area contributed by atoms with Crippen LogP contribution >= 0.6 is 11.6 Å². The second-order valence-electron chi connectivity index (χ2n) is 7.22. The second kappa shape index (κ2) is 7.83. The molecule has 3 aromatic rings. The monoisotopic (exact) mass is 436 g/mol. The first kappa shape index (κ1) is 20.5. The Morgan fingerprint density at radius 3 is 2.47 bits per heavy atom. The lowest BCUT2D eigenvalue weighted by Gasteiger charge is -2.17. The number of carbonyl (C=O) groups is 1. The quantitative estimate of drug-likeness (QED) is 0.594. The summed E-state index contributed by atoms with van der Waals surface area (Å²) in [5, 5.41) is 2.61. The van der Waals surface area contributed by atoms with Crippen molar-refractivity contribution in [3.05, 3.63) is 58.5 Å². The first-order valence-electron chi connectivity index (χ1n) is 9.72. The van der Waals surface area contributed by atoms with Gasteiger partial charge in [0.2, 0.25) is 0 Å². The van der Waals surface area contributed by atoms with E-state index in [1.807, 2.05) is 12.1 Å². The van der Waals surface area contributed by atoms with Crippen molar-refractivity contribution in [2.75, 3.05) is 23.3 Å². The zero-order valence-corrected chi connectivity index (χ0v) is 17.0. The summed E-state index contributed by atoms with van der Waals surface area (Å²) in [5.74, 6) is -0.538. The number of aryl methyl sites for hydroxylation is 1. The summed E-state index contributed by atoms with van der Waals surface area (Å²) >= 11 is 6.04. The SMILES string of the molecule is CCc1nc2c(Cl)cc(C(F)(F)F)cn2c1C(=O)Nc1ccc(N2CCCC2)cc1. The topological polar surface area (TPSA) is 49.6 Å². The third-order valence-corrected chi connectivity index (χ3v) is 5.50. The van der Waals surface area contributed by atoms with E-state index in [0.29, 0.717) is 17.8 Å². The van der Waals surface area contributed by atoms with Gasteiger partial charge in [-0.2, -0.15) is 13.2 Å². The predicted molar refractivity (Wildman–Crippen MR) is 110 cm³/mol. The molecule has 1 N–H and O–H groups in total. The summed E-state index contributed by atoms with van der Waals surface area (Å²) < 4.78 is 40.8. The molecule has 0 bridgehead atoms. The zero-order valence-electron chi connectivity index (χ0n) is 16.3. The fourth-order valence-electron chi connectivity index (χ4n) is 3.71. The maximum Gasteiger partial charge on any atom is 0.417 e. The summed E-state index contributed by atoms with van der Waals surface area (Å²) in [5.41, 5.74) is 1.24. The van der Waals surface area contributed by atoms with Crippen molar-refractivity contribution < 1.29 is 18.0 Å². The standard InChI is InChI=1S/C21H20ClF3N4O/c1-2-17-18(29-12-13(21(23,24)25)11-16(22)19(29)27-17)20(30)26-14-5-7-15(8-6-14)28-9-3-4-10-28/h5-8,11-12H,2-4,9-10H2,1H3,(H,26,30). The lowest BCUT2D eigenvalue weighted by Crippen LogP contribution is -2.18. The Bertz CT molecular complexity index is 1090. The van der Waals surface area contributed by atoms with Crippen LogP contribution in [0.3, 0.4) is 0 Å². The summed E-state index contributed by atoms with van der Waals surface area (Å²) in [6.45, 7) is 3.80. The number of aromatic nitrogens is 2. The number of benzene rings is 1. The van der Waals surface area contributed by atoms with Crippen molar-refractivity contribution in [2.24, 2.45) is 0 Å². The summed E-state index contributed by atoms with van der Waals surface area (Å²) in [7, 11) is 0. The van der Waals surface area contributed by atoms with E-state index in [4.69, 9.17) is 11.6 Å². The van der Waals surface area contributed by atoms with Gasteiger partial charge in [0.1, 0.15) is 5.69 Å². The van der Waals surface area contributed by atoms with Gasteiger partial charge in [-0.3, -0.25) is 9.20 Å². The maximum absolute atomic E-state index is 13.2. The molecule has 30 heavy (non-hydrogen) atoms. The smallest absolute Gasteiger partial charge is 0.372 e. The van der Waals surface area contributed by atoms with Crippen molar-refractivity contribution >= 4 is 34.5 Å². The summed E-state index contributed by atoms with van der Waals surface area (Å²) in [6.07, 6.45) is -1.04. The molecule has 3 heterocycles. The van der Waals surface area contributed by atoms with Crippen LogP contribution in [-0.4, -0.2) is 28.4 Å². The molecule has 5 nitrogen and oxygen atoms in total. The van der Waals surface area contributed by atoms with Gasteiger partial charge in [-0.15, -0.1) is 0 Å². The molecule has 9 heteroatoms. The zero-order chi connectivity index (χ0) is 21.5. The average molecular weight is 437 g/mol. The lowest BCUT2D eigenvalue weighted by molar-refractivity contribution is -0.137. The molecule has 1 aliphatic rings. The van der Waals surface area contributed by atoms with E-state index in [1.54, 1.807) is 19.1 Å². The Morgan fingerprint density at radius 2 is 1.87 bits per heavy atom. The molecule has 2 aromatic heterocycles. The van der Waals surface area contributed by atoms with Crippen molar-refractivity contribution in [1.82, 2.24) is 9.38 Å². The van der Waals surface area contributed by atoms with Crippen LogP contribution in [0.4, 0.5) is 24.5 Å². The molecule has 0 atom stereocenters. The number of anilines is 2. The number of hydrogen-bond donors (Lipinski definition) is 1. The van der Waals surface area contributed by atoms with E-state index in [-0.39, 0.29) is 16.4 Å². The summed E-state index contributed by atoms with van der Waals surface area (Å²) in [6, 6.07) is 8.24. The van der Waals surface area contributed by atoms with E-state index in [2.05, 4.69) is 15.2 Å². The van der Waals surface area contributed by atoms with Crippen LogP contribution in [0, 0.1) is 0 Å². The Hall–Kier alpha value is -2.74. The molecule has 1 aliphatic heterocycles. The van der Waals surface area contributed by atoms with Gasteiger partial charge in [0.25, 0.3) is 5.91 Å². The van der Waals surface area contributed by atoms with E-state index in [1.165, 1.54) is 0 Å². The van der Waals surface area contributed by atoms with Crippen LogP contribution in [-0.2, 0) is 12.6 Å². The predicted octanol–water partition coefficient (Wildman–Crippen LogP) is 5.42.